The van der Waals surface area contributed by atoms with Gasteiger partial charge in [-0.05, 0) is 19.0 Å². The van der Waals surface area contributed by atoms with Crippen LogP contribution in [-0.2, 0) is 11.3 Å². The van der Waals surface area contributed by atoms with Gasteiger partial charge in [0.05, 0.1) is 0 Å². The smallest absolute Gasteiger partial charge is 0.226 e. The zero-order valence-corrected chi connectivity index (χ0v) is 11.9. The molecule has 3 nitrogen and oxygen atoms in total. The van der Waals surface area contributed by atoms with E-state index < -0.39 is 0 Å². The van der Waals surface area contributed by atoms with Gasteiger partial charge in [0.25, 0.3) is 0 Å². The van der Waals surface area contributed by atoms with E-state index >= 15 is 0 Å². The van der Waals surface area contributed by atoms with E-state index in [2.05, 4.69) is 30.4 Å². The normalized spacial score (nSPS) is 12.2. The molecule has 1 unspecified atom stereocenters. The molecule has 1 amide bonds. The van der Waals surface area contributed by atoms with Crippen LogP contribution >= 0.6 is 0 Å². The lowest BCUT2D eigenvalue weighted by atomic mass is 10.1. The first kappa shape index (κ1) is 14.7. The Labute approximate surface area is 110 Å². The summed E-state index contributed by atoms with van der Waals surface area (Å²) in [6, 6.07) is 8.29. The predicted molar refractivity (Wildman–Crippen MR) is 75.4 cm³/mol. The van der Waals surface area contributed by atoms with Crippen molar-refractivity contribution in [3.05, 3.63) is 35.4 Å². The number of hydrogen-bond donors (Lipinski definition) is 1. The Kier molecular flexibility index (Phi) is 5.86. The summed E-state index contributed by atoms with van der Waals surface area (Å²) in [5, 5.41) is 3.21. The monoisotopic (exact) mass is 248 g/mol. The number of aryl methyl sites for hydroxylation is 1. The van der Waals surface area contributed by atoms with Crippen LogP contribution in [0.2, 0.25) is 0 Å². The van der Waals surface area contributed by atoms with Crippen molar-refractivity contribution in [1.82, 2.24) is 10.2 Å². The molecule has 0 bridgehead atoms. The summed E-state index contributed by atoms with van der Waals surface area (Å²) < 4.78 is 0. The van der Waals surface area contributed by atoms with E-state index in [1.165, 1.54) is 11.1 Å². The van der Waals surface area contributed by atoms with Crippen molar-refractivity contribution in [3.8, 4) is 0 Å². The van der Waals surface area contributed by atoms with Gasteiger partial charge >= 0.3 is 0 Å². The molecule has 18 heavy (non-hydrogen) atoms. The molecule has 1 N–H and O–H groups in total. The van der Waals surface area contributed by atoms with E-state index in [0.29, 0.717) is 6.54 Å². The van der Waals surface area contributed by atoms with Gasteiger partial charge in [-0.25, -0.2) is 0 Å². The second-order valence-electron chi connectivity index (χ2n) is 4.89. The average molecular weight is 248 g/mol. The van der Waals surface area contributed by atoms with Gasteiger partial charge in [-0.15, -0.1) is 0 Å². The Balaban J connectivity index is 2.54. The number of hydrogen-bond acceptors (Lipinski definition) is 2. The van der Waals surface area contributed by atoms with Gasteiger partial charge in [0, 0.05) is 26.1 Å². The lowest BCUT2D eigenvalue weighted by Crippen LogP contribution is -2.36. The van der Waals surface area contributed by atoms with Gasteiger partial charge in [0.15, 0.2) is 0 Å². The Bertz CT molecular complexity index is 390. The van der Waals surface area contributed by atoms with Crippen LogP contribution in [0, 0.1) is 12.8 Å². The maximum atomic E-state index is 12.1. The second kappa shape index (κ2) is 7.17. The molecule has 0 fully saturated rings. The first-order chi connectivity index (χ1) is 8.54. The van der Waals surface area contributed by atoms with Crippen molar-refractivity contribution in [2.24, 2.45) is 5.92 Å². The van der Waals surface area contributed by atoms with Gasteiger partial charge in [0.2, 0.25) is 5.91 Å². The van der Waals surface area contributed by atoms with Crippen molar-refractivity contribution >= 4 is 5.91 Å². The van der Waals surface area contributed by atoms with Crippen molar-refractivity contribution in [3.63, 3.8) is 0 Å². The molecule has 100 valence electrons. The summed E-state index contributed by atoms with van der Waals surface area (Å²) >= 11 is 0. The highest BCUT2D eigenvalue weighted by molar-refractivity contribution is 5.78. The number of carbonyl (C=O) groups excluding carboxylic acids is 1. The van der Waals surface area contributed by atoms with Crippen molar-refractivity contribution in [1.29, 1.82) is 0 Å². The lowest BCUT2D eigenvalue weighted by molar-refractivity contribution is -0.134. The predicted octanol–water partition coefficient (Wildman–Crippen LogP) is 2.20. The molecule has 0 aliphatic heterocycles. The second-order valence-corrected chi connectivity index (χ2v) is 4.89. The van der Waals surface area contributed by atoms with Crippen LogP contribution in [0.1, 0.15) is 25.0 Å². The number of nitrogens with zero attached hydrogens (tertiary/aromatic N) is 1. The van der Waals surface area contributed by atoms with E-state index in [9.17, 15) is 4.79 Å². The Hall–Kier alpha value is -1.35. The van der Waals surface area contributed by atoms with Crippen LogP contribution in [0.15, 0.2) is 24.3 Å². The highest BCUT2D eigenvalue weighted by Crippen LogP contribution is 2.09. The number of benzene rings is 1. The zero-order valence-electron chi connectivity index (χ0n) is 11.9. The van der Waals surface area contributed by atoms with Crippen LogP contribution in [0.25, 0.3) is 0 Å². The van der Waals surface area contributed by atoms with Gasteiger partial charge in [-0.2, -0.15) is 0 Å². The third kappa shape index (κ3) is 4.49. The van der Waals surface area contributed by atoms with E-state index in [1.54, 1.807) is 4.90 Å². The highest BCUT2D eigenvalue weighted by Gasteiger charge is 2.16. The maximum absolute atomic E-state index is 12.1. The summed E-state index contributed by atoms with van der Waals surface area (Å²) in [5.74, 6) is 0.220. The van der Waals surface area contributed by atoms with Gasteiger partial charge < -0.3 is 10.2 Å². The third-order valence-corrected chi connectivity index (χ3v) is 3.00. The van der Waals surface area contributed by atoms with E-state index in [0.717, 1.165) is 13.1 Å². The number of amides is 1. The number of nitrogens with one attached hydrogen (secondary N) is 1. The Morgan fingerprint density at radius 3 is 2.78 bits per heavy atom. The SMILES string of the molecule is CCNCC(C)C(=O)N(C)Cc1cccc(C)c1. The van der Waals surface area contributed by atoms with Crippen molar-refractivity contribution in [2.75, 3.05) is 20.1 Å². The molecule has 0 spiro atoms. The van der Waals surface area contributed by atoms with Gasteiger partial charge in [0.1, 0.15) is 0 Å². The van der Waals surface area contributed by atoms with Crippen LogP contribution < -0.4 is 5.32 Å². The van der Waals surface area contributed by atoms with Crippen LogP contribution in [0.3, 0.4) is 0 Å². The topological polar surface area (TPSA) is 32.3 Å². The van der Waals surface area contributed by atoms with Crippen molar-refractivity contribution < 1.29 is 4.79 Å². The number of carbonyl (C=O) groups is 1. The summed E-state index contributed by atoms with van der Waals surface area (Å²) in [4.78, 5) is 13.9. The zero-order chi connectivity index (χ0) is 13.5. The summed E-state index contributed by atoms with van der Waals surface area (Å²) in [5.41, 5.74) is 2.41. The van der Waals surface area contributed by atoms with E-state index in [-0.39, 0.29) is 11.8 Å². The molecule has 0 aliphatic carbocycles. The van der Waals surface area contributed by atoms with Crippen molar-refractivity contribution in [2.45, 2.75) is 27.3 Å². The summed E-state index contributed by atoms with van der Waals surface area (Å²) in [6.45, 7) is 8.41. The lowest BCUT2D eigenvalue weighted by Gasteiger charge is -2.21. The molecule has 1 aromatic rings. The minimum Gasteiger partial charge on any atom is -0.341 e. The van der Waals surface area contributed by atoms with Crippen LogP contribution in [0.5, 0.6) is 0 Å². The molecule has 1 aromatic carbocycles. The fourth-order valence-electron chi connectivity index (χ4n) is 1.99. The van der Waals surface area contributed by atoms with Crippen LogP contribution in [0.4, 0.5) is 0 Å². The first-order valence-electron chi connectivity index (χ1n) is 6.55. The fraction of sp³-hybridized carbons (Fsp3) is 0.533. The molecule has 0 aliphatic rings. The van der Waals surface area contributed by atoms with E-state index in [1.807, 2.05) is 27.0 Å². The molecular formula is C15H24N2O. The molecule has 0 saturated carbocycles. The molecular weight excluding hydrogens is 224 g/mol. The third-order valence-electron chi connectivity index (χ3n) is 3.00. The molecule has 0 aromatic heterocycles. The largest absolute Gasteiger partial charge is 0.341 e. The molecule has 0 heterocycles. The first-order valence-corrected chi connectivity index (χ1v) is 6.55. The maximum Gasteiger partial charge on any atom is 0.226 e. The van der Waals surface area contributed by atoms with Gasteiger partial charge in [-0.1, -0.05) is 43.7 Å². The molecule has 0 saturated heterocycles. The minimum atomic E-state index is 0.0276. The molecule has 3 heteroatoms. The standard InChI is InChI=1S/C15H24N2O/c1-5-16-10-13(3)15(18)17(4)11-14-8-6-7-12(2)9-14/h6-9,13,16H,5,10-11H2,1-4H3. The summed E-state index contributed by atoms with van der Waals surface area (Å²) in [7, 11) is 1.87. The quantitative estimate of drug-likeness (QED) is 0.837. The van der Waals surface area contributed by atoms with Gasteiger partial charge in [-0.3, -0.25) is 4.79 Å². The number of rotatable bonds is 6. The average Bonchev–Trinajstić information content (AvgIpc) is 2.35. The summed E-state index contributed by atoms with van der Waals surface area (Å²) in [6.07, 6.45) is 0. The van der Waals surface area contributed by atoms with E-state index in [4.69, 9.17) is 0 Å². The molecule has 1 rings (SSSR count). The minimum absolute atomic E-state index is 0.0276. The highest BCUT2D eigenvalue weighted by atomic mass is 16.2. The fourth-order valence-corrected chi connectivity index (χ4v) is 1.99. The molecule has 1 atom stereocenters. The molecule has 0 radical (unpaired) electrons. The Morgan fingerprint density at radius 2 is 2.17 bits per heavy atom. The van der Waals surface area contributed by atoms with Crippen LogP contribution in [-0.4, -0.2) is 30.9 Å². The Morgan fingerprint density at radius 1 is 1.44 bits per heavy atom.